The molecule has 0 bridgehead atoms. The molecule has 1 aliphatic rings. The van der Waals surface area contributed by atoms with Crippen molar-refractivity contribution in [2.45, 2.75) is 27.7 Å². The van der Waals surface area contributed by atoms with Crippen molar-refractivity contribution in [2.75, 3.05) is 38.6 Å². The Hall–Kier alpha value is -3.06. The Morgan fingerprint density at radius 2 is 1.97 bits per heavy atom. The number of anilines is 1. The number of carbonyl (C=O) groups excluding carboxylic acids is 2. The lowest BCUT2D eigenvalue weighted by Gasteiger charge is -2.18. The van der Waals surface area contributed by atoms with Crippen LogP contribution in [0.5, 0.6) is 5.75 Å². The van der Waals surface area contributed by atoms with Crippen molar-refractivity contribution in [3.05, 3.63) is 46.3 Å². The molecular formula is C23H30N4O3. The number of methoxy groups -OCH3 is 1. The maximum absolute atomic E-state index is 12.8. The standard InChI is InChI=1S/C23H30N4O3/c1-6-27(7-2)11-10-24-23(29)21-14(3)20(25-15(21)4)13-18-17-12-16(30-5)8-9-19(17)26-22(18)28/h8-9,12-13,25H,6-7,10-11H2,1-5H3,(H,24,29)(H,26,28)/b18-13-. The Balaban J connectivity index is 1.84. The van der Waals surface area contributed by atoms with Crippen molar-refractivity contribution >= 4 is 29.2 Å². The number of nitrogens with zero attached hydrogens (tertiary/aromatic N) is 1. The van der Waals surface area contributed by atoms with Crippen LogP contribution in [0.2, 0.25) is 0 Å². The third-order valence-electron chi connectivity index (χ3n) is 5.61. The molecule has 2 amide bonds. The van der Waals surface area contributed by atoms with Gasteiger partial charge in [0.15, 0.2) is 0 Å². The molecule has 3 N–H and O–H groups in total. The zero-order chi connectivity index (χ0) is 21.8. The van der Waals surface area contributed by atoms with Crippen molar-refractivity contribution in [1.82, 2.24) is 15.2 Å². The fourth-order valence-electron chi connectivity index (χ4n) is 3.80. The number of amides is 2. The van der Waals surface area contributed by atoms with Crippen molar-refractivity contribution in [1.29, 1.82) is 0 Å². The van der Waals surface area contributed by atoms with Crippen LogP contribution in [-0.4, -0.2) is 55.0 Å². The zero-order valence-electron chi connectivity index (χ0n) is 18.3. The monoisotopic (exact) mass is 410 g/mol. The molecule has 3 rings (SSSR count). The molecule has 2 aromatic rings. The average Bonchev–Trinajstić information content (AvgIpc) is 3.20. The molecule has 0 saturated carbocycles. The number of ether oxygens (including phenoxy) is 1. The highest BCUT2D eigenvalue weighted by Gasteiger charge is 2.26. The number of aryl methyl sites for hydroxylation is 1. The molecule has 0 radical (unpaired) electrons. The van der Waals surface area contributed by atoms with Crippen molar-refractivity contribution in [3.8, 4) is 5.75 Å². The van der Waals surface area contributed by atoms with Gasteiger partial charge in [-0.3, -0.25) is 9.59 Å². The number of aromatic nitrogens is 1. The smallest absolute Gasteiger partial charge is 0.256 e. The number of carbonyl (C=O) groups is 2. The van der Waals surface area contributed by atoms with E-state index in [1.54, 1.807) is 13.2 Å². The lowest BCUT2D eigenvalue weighted by Crippen LogP contribution is -2.35. The van der Waals surface area contributed by atoms with Gasteiger partial charge in [0.2, 0.25) is 0 Å². The van der Waals surface area contributed by atoms with E-state index < -0.39 is 0 Å². The molecule has 0 aliphatic carbocycles. The number of rotatable bonds is 8. The van der Waals surface area contributed by atoms with Gasteiger partial charge in [0, 0.05) is 35.7 Å². The molecule has 1 aliphatic heterocycles. The van der Waals surface area contributed by atoms with Crippen LogP contribution in [0.1, 0.15) is 46.7 Å². The highest BCUT2D eigenvalue weighted by Crippen LogP contribution is 2.36. The Bertz CT molecular complexity index is 987. The molecule has 0 atom stereocenters. The van der Waals surface area contributed by atoms with Crippen LogP contribution in [0.3, 0.4) is 0 Å². The summed E-state index contributed by atoms with van der Waals surface area (Å²) in [7, 11) is 1.60. The van der Waals surface area contributed by atoms with Gasteiger partial charge >= 0.3 is 0 Å². The molecule has 0 fully saturated rings. The predicted octanol–water partition coefficient (Wildman–Crippen LogP) is 3.20. The number of aromatic amines is 1. The number of nitrogens with one attached hydrogen (secondary N) is 3. The molecular weight excluding hydrogens is 380 g/mol. The lowest BCUT2D eigenvalue weighted by molar-refractivity contribution is -0.110. The first-order valence-electron chi connectivity index (χ1n) is 10.3. The number of H-pyrrole nitrogens is 1. The van der Waals surface area contributed by atoms with Crippen LogP contribution in [0.15, 0.2) is 18.2 Å². The summed E-state index contributed by atoms with van der Waals surface area (Å²) in [5.74, 6) is 0.412. The Morgan fingerprint density at radius 3 is 2.63 bits per heavy atom. The summed E-state index contributed by atoms with van der Waals surface area (Å²) >= 11 is 0. The van der Waals surface area contributed by atoms with Crippen molar-refractivity contribution < 1.29 is 14.3 Å². The van der Waals surface area contributed by atoms with Gasteiger partial charge in [-0.2, -0.15) is 0 Å². The molecule has 2 heterocycles. The number of fused-ring (bicyclic) bond motifs is 1. The Kier molecular flexibility index (Phi) is 6.62. The van der Waals surface area contributed by atoms with E-state index in [-0.39, 0.29) is 11.8 Å². The van der Waals surface area contributed by atoms with Gasteiger partial charge in [-0.15, -0.1) is 0 Å². The maximum Gasteiger partial charge on any atom is 0.256 e. The second-order valence-electron chi connectivity index (χ2n) is 7.37. The van der Waals surface area contributed by atoms with Gasteiger partial charge in [0.25, 0.3) is 11.8 Å². The van der Waals surface area contributed by atoms with Crippen LogP contribution < -0.4 is 15.4 Å². The summed E-state index contributed by atoms with van der Waals surface area (Å²) in [5.41, 5.74) is 5.07. The first-order valence-corrected chi connectivity index (χ1v) is 10.3. The summed E-state index contributed by atoms with van der Waals surface area (Å²) in [6.07, 6.45) is 1.80. The quantitative estimate of drug-likeness (QED) is 0.584. The number of likely N-dealkylation sites (N-methyl/N-ethyl adjacent to an activating group) is 1. The van der Waals surface area contributed by atoms with Crippen LogP contribution >= 0.6 is 0 Å². The third kappa shape index (κ3) is 4.26. The maximum atomic E-state index is 12.8. The second kappa shape index (κ2) is 9.17. The second-order valence-corrected chi connectivity index (χ2v) is 7.37. The SMILES string of the molecule is CCN(CC)CCNC(=O)c1c(C)[nH]c(/C=C2\C(=O)Nc3ccc(OC)cc32)c1C. The van der Waals surface area contributed by atoms with Gasteiger partial charge in [-0.25, -0.2) is 0 Å². The Labute approximate surface area is 177 Å². The minimum atomic E-state index is -0.171. The largest absolute Gasteiger partial charge is 0.497 e. The van der Waals surface area contributed by atoms with E-state index >= 15 is 0 Å². The lowest BCUT2D eigenvalue weighted by atomic mass is 10.0. The molecule has 0 spiro atoms. The molecule has 0 unspecified atom stereocenters. The molecule has 0 saturated heterocycles. The van der Waals surface area contributed by atoms with Gasteiger partial charge in [-0.05, 0) is 56.8 Å². The molecule has 30 heavy (non-hydrogen) atoms. The number of hydrogen-bond donors (Lipinski definition) is 3. The fraction of sp³-hybridized carbons (Fsp3) is 0.391. The van der Waals surface area contributed by atoms with Crippen LogP contribution in [0, 0.1) is 13.8 Å². The van der Waals surface area contributed by atoms with Crippen LogP contribution in [0.25, 0.3) is 11.6 Å². The summed E-state index contributed by atoms with van der Waals surface area (Å²) in [6, 6.07) is 5.48. The normalized spacial score (nSPS) is 14.2. The molecule has 7 nitrogen and oxygen atoms in total. The van der Waals surface area contributed by atoms with Crippen molar-refractivity contribution in [3.63, 3.8) is 0 Å². The summed E-state index contributed by atoms with van der Waals surface area (Å²) in [4.78, 5) is 30.8. The van der Waals surface area contributed by atoms with Crippen molar-refractivity contribution in [2.24, 2.45) is 0 Å². The van der Waals surface area contributed by atoms with E-state index in [1.807, 2.05) is 32.0 Å². The van der Waals surface area contributed by atoms with Gasteiger partial charge in [0.05, 0.1) is 18.2 Å². The molecule has 7 heteroatoms. The zero-order valence-corrected chi connectivity index (χ0v) is 18.3. The topological polar surface area (TPSA) is 86.5 Å². The van der Waals surface area contributed by atoms with E-state index in [4.69, 9.17) is 4.74 Å². The van der Waals surface area contributed by atoms with Crippen LogP contribution in [-0.2, 0) is 4.79 Å². The fourth-order valence-corrected chi connectivity index (χ4v) is 3.80. The number of hydrogen-bond acceptors (Lipinski definition) is 4. The average molecular weight is 411 g/mol. The van der Waals surface area contributed by atoms with E-state index in [1.165, 1.54) is 0 Å². The van der Waals surface area contributed by atoms with Gasteiger partial charge < -0.3 is 25.3 Å². The summed E-state index contributed by atoms with van der Waals surface area (Å²) in [6.45, 7) is 11.3. The number of benzene rings is 1. The van der Waals surface area contributed by atoms with Gasteiger partial charge in [-0.1, -0.05) is 13.8 Å². The van der Waals surface area contributed by atoms with E-state index in [2.05, 4.69) is 34.4 Å². The van der Waals surface area contributed by atoms with Crippen LogP contribution in [0.4, 0.5) is 5.69 Å². The predicted molar refractivity (Wildman–Crippen MR) is 120 cm³/mol. The first-order chi connectivity index (χ1) is 14.4. The van der Waals surface area contributed by atoms with E-state index in [0.717, 1.165) is 47.8 Å². The first kappa shape index (κ1) is 21.6. The summed E-state index contributed by atoms with van der Waals surface area (Å²) in [5, 5.41) is 5.88. The Morgan fingerprint density at radius 1 is 1.23 bits per heavy atom. The van der Waals surface area contributed by atoms with E-state index in [9.17, 15) is 9.59 Å². The highest BCUT2D eigenvalue weighted by atomic mass is 16.5. The highest BCUT2D eigenvalue weighted by molar-refractivity contribution is 6.35. The molecule has 1 aromatic carbocycles. The summed E-state index contributed by atoms with van der Waals surface area (Å²) < 4.78 is 5.29. The van der Waals surface area contributed by atoms with Gasteiger partial charge in [0.1, 0.15) is 5.75 Å². The molecule has 1 aromatic heterocycles. The third-order valence-corrected chi connectivity index (χ3v) is 5.61. The van der Waals surface area contributed by atoms with E-state index in [0.29, 0.717) is 23.4 Å². The minimum absolute atomic E-state index is 0.101. The minimum Gasteiger partial charge on any atom is -0.497 e. The molecule has 160 valence electrons.